The molecule has 9 nitrogen and oxygen atoms in total. The highest BCUT2D eigenvalue weighted by Crippen LogP contribution is 2.20. The zero-order valence-corrected chi connectivity index (χ0v) is 20.0. The van der Waals surface area contributed by atoms with Gasteiger partial charge in [0.1, 0.15) is 12.6 Å². The van der Waals surface area contributed by atoms with E-state index < -0.39 is 29.9 Å². The standard InChI is InChI=1S/C26H31N3O6/c1-3-19(23(30)28-21-13-11-20(12-14-21)24(31)34-2)16-27-26(33)29-15-7-10-22(29)25(32)35-17-18-8-5-4-6-9-18/h4-6,8-9,11-14,19,22H,3,7,10,15-17H2,1-2H3,(H,27,33)(H,28,30)/t19-,22+/m1/s1. The minimum Gasteiger partial charge on any atom is -0.465 e. The molecule has 3 rings (SSSR count). The molecule has 2 aromatic carbocycles. The van der Waals surface area contributed by atoms with Crippen LogP contribution in [0.5, 0.6) is 0 Å². The molecule has 1 saturated heterocycles. The Labute approximate surface area is 204 Å². The second-order valence-electron chi connectivity index (χ2n) is 8.29. The maximum Gasteiger partial charge on any atom is 0.337 e. The minimum atomic E-state index is -0.638. The van der Waals surface area contributed by atoms with Crippen LogP contribution in [0.4, 0.5) is 10.5 Å². The molecule has 2 N–H and O–H groups in total. The SMILES string of the molecule is CC[C@H](CNC(=O)N1CCC[C@H]1C(=O)OCc1ccccc1)C(=O)Nc1ccc(C(=O)OC)cc1. The van der Waals surface area contributed by atoms with Crippen molar-refractivity contribution in [3.63, 3.8) is 0 Å². The number of benzene rings is 2. The van der Waals surface area contributed by atoms with Crippen LogP contribution in [0, 0.1) is 5.92 Å². The molecule has 9 heteroatoms. The van der Waals surface area contributed by atoms with Crippen LogP contribution in [0.1, 0.15) is 42.1 Å². The van der Waals surface area contributed by atoms with Gasteiger partial charge >= 0.3 is 18.0 Å². The van der Waals surface area contributed by atoms with E-state index in [4.69, 9.17) is 4.74 Å². The molecular formula is C26H31N3O6. The van der Waals surface area contributed by atoms with Crippen LogP contribution in [0.3, 0.4) is 0 Å². The summed E-state index contributed by atoms with van der Waals surface area (Å²) in [5.41, 5.74) is 1.80. The number of nitrogens with one attached hydrogen (secondary N) is 2. The van der Waals surface area contributed by atoms with Crippen molar-refractivity contribution in [2.75, 3.05) is 25.5 Å². The van der Waals surface area contributed by atoms with Crippen LogP contribution in [0.25, 0.3) is 0 Å². The summed E-state index contributed by atoms with van der Waals surface area (Å²) < 4.78 is 10.1. The Hall–Kier alpha value is -3.88. The third-order valence-corrected chi connectivity index (χ3v) is 5.95. The fraction of sp³-hybridized carbons (Fsp3) is 0.385. The average molecular weight is 482 g/mol. The van der Waals surface area contributed by atoms with Gasteiger partial charge in [0.2, 0.25) is 5.91 Å². The summed E-state index contributed by atoms with van der Waals surface area (Å²) >= 11 is 0. The van der Waals surface area contributed by atoms with Crippen LogP contribution in [0.15, 0.2) is 54.6 Å². The number of rotatable bonds is 9. The maximum atomic E-state index is 12.8. The molecule has 3 amide bonds. The van der Waals surface area contributed by atoms with Crippen molar-refractivity contribution in [2.45, 2.75) is 38.8 Å². The summed E-state index contributed by atoms with van der Waals surface area (Å²) in [4.78, 5) is 51.1. The van der Waals surface area contributed by atoms with Crippen LogP contribution >= 0.6 is 0 Å². The zero-order valence-electron chi connectivity index (χ0n) is 20.0. The van der Waals surface area contributed by atoms with Crippen molar-refractivity contribution in [1.82, 2.24) is 10.2 Å². The van der Waals surface area contributed by atoms with E-state index in [2.05, 4.69) is 15.4 Å². The molecular weight excluding hydrogens is 450 g/mol. The summed E-state index contributed by atoms with van der Waals surface area (Å²) in [6.07, 6.45) is 1.76. The number of urea groups is 1. The van der Waals surface area contributed by atoms with Gasteiger partial charge in [-0.2, -0.15) is 0 Å². The first-order chi connectivity index (χ1) is 16.9. The number of esters is 2. The lowest BCUT2D eigenvalue weighted by molar-refractivity contribution is -0.149. The van der Waals surface area contributed by atoms with Crippen LogP contribution in [-0.4, -0.2) is 55.0 Å². The van der Waals surface area contributed by atoms with E-state index >= 15 is 0 Å². The number of likely N-dealkylation sites (tertiary alicyclic amines) is 1. The smallest absolute Gasteiger partial charge is 0.337 e. The fourth-order valence-electron chi connectivity index (χ4n) is 3.87. The predicted molar refractivity (Wildman–Crippen MR) is 130 cm³/mol. The Morgan fingerprint density at radius 2 is 1.77 bits per heavy atom. The third-order valence-electron chi connectivity index (χ3n) is 5.95. The number of methoxy groups -OCH3 is 1. The van der Waals surface area contributed by atoms with Crippen LogP contribution in [0.2, 0.25) is 0 Å². The van der Waals surface area contributed by atoms with E-state index in [0.29, 0.717) is 37.1 Å². The summed E-state index contributed by atoms with van der Waals surface area (Å²) in [5, 5.41) is 5.59. The monoisotopic (exact) mass is 481 g/mol. The second-order valence-corrected chi connectivity index (χ2v) is 8.29. The fourth-order valence-corrected chi connectivity index (χ4v) is 3.87. The largest absolute Gasteiger partial charge is 0.465 e. The number of anilines is 1. The van der Waals surface area contributed by atoms with Crippen molar-refractivity contribution >= 4 is 29.6 Å². The summed E-state index contributed by atoms with van der Waals surface area (Å²) in [5.74, 6) is -1.60. The lowest BCUT2D eigenvalue weighted by Crippen LogP contribution is -2.48. The molecule has 35 heavy (non-hydrogen) atoms. The van der Waals surface area contributed by atoms with Gasteiger partial charge < -0.3 is 25.0 Å². The molecule has 1 aliphatic heterocycles. The minimum absolute atomic E-state index is 0.129. The molecule has 0 aliphatic carbocycles. The lowest BCUT2D eigenvalue weighted by atomic mass is 10.1. The van der Waals surface area contributed by atoms with Gasteiger partial charge in [-0.25, -0.2) is 14.4 Å². The van der Waals surface area contributed by atoms with E-state index in [1.807, 2.05) is 37.3 Å². The summed E-state index contributed by atoms with van der Waals surface area (Å²) in [6.45, 7) is 2.59. The number of hydrogen-bond acceptors (Lipinski definition) is 6. The summed E-state index contributed by atoms with van der Waals surface area (Å²) in [7, 11) is 1.30. The van der Waals surface area contributed by atoms with Crippen molar-refractivity contribution in [1.29, 1.82) is 0 Å². The van der Waals surface area contributed by atoms with Gasteiger partial charge in [0, 0.05) is 18.8 Å². The third kappa shape index (κ3) is 7.05. The number of carbonyl (C=O) groups is 4. The zero-order chi connectivity index (χ0) is 25.2. The van der Waals surface area contributed by atoms with Crippen molar-refractivity contribution in [3.05, 3.63) is 65.7 Å². The molecule has 0 bridgehead atoms. The molecule has 0 radical (unpaired) electrons. The highest BCUT2D eigenvalue weighted by Gasteiger charge is 2.35. The van der Waals surface area contributed by atoms with Gasteiger partial charge in [0.05, 0.1) is 18.6 Å². The number of amides is 3. The number of carbonyl (C=O) groups excluding carboxylic acids is 4. The molecule has 2 atom stereocenters. The first kappa shape index (κ1) is 25.7. The van der Waals surface area contributed by atoms with Gasteiger partial charge in [-0.15, -0.1) is 0 Å². The van der Waals surface area contributed by atoms with Gasteiger partial charge in [-0.05, 0) is 49.1 Å². The normalized spacial score (nSPS) is 15.7. The highest BCUT2D eigenvalue weighted by atomic mass is 16.5. The van der Waals surface area contributed by atoms with Gasteiger partial charge in [0.25, 0.3) is 0 Å². The molecule has 2 aromatic rings. The van der Waals surface area contributed by atoms with Crippen molar-refractivity contribution in [3.8, 4) is 0 Å². The quantitative estimate of drug-likeness (QED) is 0.531. The van der Waals surface area contributed by atoms with Crippen LogP contribution < -0.4 is 10.6 Å². The van der Waals surface area contributed by atoms with Crippen molar-refractivity contribution < 1.29 is 28.7 Å². The van der Waals surface area contributed by atoms with Gasteiger partial charge in [-0.3, -0.25) is 4.79 Å². The number of ether oxygens (including phenoxy) is 2. The van der Waals surface area contributed by atoms with E-state index in [0.717, 1.165) is 5.56 Å². The lowest BCUT2D eigenvalue weighted by Gasteiger charge is -2.25. The Morgan fingerprint density at radius 3 is 2.43 bits per heavy atom. The highest BCUT2D eigenvalue weighted by molar-refractivity contribution is 5.94. The van der Waals surface area contributed by atoms with E-state index in [1.165, 1.54) is 12.0 Å². The Kier molecular flexibility index (Phi) is 9.23. The molecule has 186 valence electrons. The van der Waals surface area contributed by atoms with Crippen molar-refractivity contribution in [2.24, 2.45) is 5.92 Å². The van der Waals surface area contributed by atoms with Gasteiger partial charge in [-0.1, -0.05) is 37.3 Å². The van der Waals surface area contributed by atoms with E-state index in [1.54, 1.807) is 24.3 Å². The van der Waals surface area contributed by atoms with Gasteiger partial charge in [0.15, 0.2) is 0 Å². The molecule has 1 fully saturated rings. The predicted octanol–water partition coefficient (Wildman–Crippen LogP) is 3.36. The molecule has 1 aliphatic rings. The van der Waals surface area contributed by atoms with E-state index in [-0.39, 0.29) is 19.1 Å². The number of nitrogens with zero attached hydrogens (tertiary/aromatic N) is 1. The molecule has 0 unspecified atom stereocenters. The molecule has 0 aromatic heterocycles. The van der Waals surface area contributed by atoms with E-state index in [9.17, 15) is 19.2 Å². The summed E-state index contributed by atoms with van der Waals surface area (Å²) in [6, 6.07) is 14.7. The maximum absolute atomic E-state index is 12.8. The molecule has 1 heterocycles. The Balaban J connectivity index is 1.50. The molecule has 0 spiro atoms. The van der Waals surface area contributed by atoms with Crippen LogP contribution in [-0.2, 0) is 25.7 Å². The number of hydrogen-bond donors (Lipinski definition) is 2. The Bertz CT molecular complexity index is 1030. The Morgan fingerprint density at radius 1 is 1.06 bits per heavy atom. The second kappa shape index (κ2) is 12.5. The first-order valence-corrected chi connectivity index (χ1v) is 11.7. The first-order valence-electron chi connectivity index (χ1n) is 11.7. The molecule has 0 saturated carbocycles. The topological polar surface area (TPSA) is 114 Å². The average Bonchev–Trinajstić information content (AvgIpc) is 3.38.